The number of nitrogens with zero attached hydrogens (tertiary/aromatic N) is 2. The van der Waals surface area contributed by atoms with Gasteiger partial charge in [0.05, 0.1) is 12.1 Å². The Balaban J connectivity index is 1.58. The lowest BCUT2D eigenvalue weighted by Gasteiger charge is -2.33. The summed E-state index contributed by atoms with van der Waals surface area (Å²) in [6.45, 7) is 4.53. The maximum Gasteiger partial charge on any atom is 0.142 e. The summed E-state index contributed by atoms with van der Waals surface area (Å²) in [5, 5.41) is 19.0. The van der Waals surface area contributed by atoms with Gasteiger partial charge in [-0.1, -0.05) is 115 Å². The summed E-state index contributed by atoms with van der Waals surface area (Å²) in [4.78, 5) is 26.9. The maximum absolute atomic E-state index is 11.6. The molecule has 6 heteroatoms. The molecule has 4 nitrogen and oxygen atoms in total. The molecule has 2 heterocycles. The average Bonchev–Trinajstić information content (AvgIpc) is 3.87. The Morgan fingerprint density at radius 1 is 0.592 bits per heavy atom. The highest BCUT2D eigenvalue weighted by molar-refractivity contribution is 7.16. The Morgan fingerprint density at radius 2 is 1.00 bits per heavy atom. The number of carbonyl (C=O) groups is 2. The van der Waals surface area contributed by atoms with Gasteiger partial charge in [-0.25, -0.2) is 0 Å². The van der Waals surface area contributed by atoms with Crippen molar-refractivity contribution in [2.24, 2.45) is 0 Å². The van der Waals surface area contributed by atoms with Gasteiger partial charge < -0.3 is 9.59 Å². The minimum Gasteiger partial charge on any atom is -0.302 e. The van der Waals surface area contributed by atoms with Crippen LogP contribution in [0.5, 0.6) is 0 Å². The van der Waals surface area contributed by atoms with Crippen molar-refractivity contribution in [3.05, 3.63) is 81.5 Å². The van der Waals surface area contributed by atoms with Crippen LogP contribution in [0.1, 0.15) is 136 Å². The van der Waals surface area contributed by atoms with Gasteiger partial charge in [-0.2, -0.15) is 10.5 Å². The zero-order chi connectivity index (χ0) is 34.6. The van der Waals surface area contributed by atoms with Crippen molar-refractivity contribution < 1.29 is 9.59 Å². The van der Waals surface area contributed by atoms with Crippen LogP contribution in [0.15, 0.2) is 60.7 Å². The topological polar surface area (TPSA) is 81.7 Å². The van der Waals surface area contributed by atoms with Crippen LogP contribution in [0.3, 0.4) is 0 Å². The Kier molecular flexibility index (Phi) is 13.2. The summed E-state index contributed by atoms with van der Waals surface area (Å²) in [6, 6.07) is 26.0. The summed E-state index contributed by atoms with van der Waals surface area (Å²) in [5.41, 5.74) is 7.57. The van der Waals surface area contributed by atoms with E-state index in [4.69, 9.17) is 0 Å². The molecule has 1 aliphatic rings. The van der Waals surface area contributed by atoms with E-state index >= 15 is 0 Å². The third-order valence-electron chi connectivity index (χ3n) is 10.3. The number of unbranched alkanes of at least 4 members (excludes halogenated alkanes) is 10. The molecule has 0 saturated carbocycles. The molecular weight excluding hydrogens is 641 g/mol. The molecule has 2 aromatic carbocycles. The third-order valence-corrected chi connectivity index (χ3v) is 12.7. The van der Waals surface area contributed by atoms with Gasteiger partial charge in [-0.05, 0) is 82.6 Å². The lowest BCUT2D eigenvalue weighted by molar-refractivity contribution is -0.108. The molecule has 0 fully saturated rings. The van der Waals surface area contributed by atoms with Gasteiger partial charge >= 0.3 is 0 Å². The molecular formula is C43H48N2O2S2. The van der Waals surface area contributed by atoms with Crippen LogP contribution in [0, 0.1) is 22.7 Å². The standard InChI is InChI=1S/C43H48N2O2S2/c1-3-5-7-9-11-13-23-43(24-14-12-10-8-6-4-2)37-25-31(39-19-21-41(48-39)33(27-44)29-46)15-17-35(37)36-18-16-32(26-38(36)43)40-20-22-42(49-40)34(28-45)30-47/h15-22,25-26,29-30,33-34H,3-14,23-24H2,1-2H3. The number of hydrogen-bond donors (Lipinski definition) is 0. The smallest absolute Gasteiger partial charge is 0.142 e. The Morgan fingerprint density at radius 3 is 1.39 bits per heavy atom. The van der Waals surface area contributed by atoms with Gasteiger partial charge in [-0.3, -0.25) is 0 Å². The largest absolute Gasteiger partial charge is 0.302 e. The molecule has 0 saturated heterocycles. The van der Waals surface area contributed by atoms with Crippen LogP contribution < -0.4 is 0 Å². The highest BCUT2D eigenvalue weighted by Crippen LogP contribution is 2.56. The minimum absolute atomic E-state index is 0.123. The van der Waals surface area contributed by atoms with E-state index in [1.54, 1.807) is 0 Å². The second kappa shape index (κ2) is 17.7. The van der Waals surface area contributed by atoms with Crippen LogP contribution in [-0.4, -0.2) is 12.6 Å². The summed E-state index contributed by atoms with van der Waals surface area (Å²) in [6.07, 6.45) is 18.6. The Hall–Kier alpha value is -3.84. The van der Waals surface area contributed by atoms with E-state index in [1.165, 1.54) is 122 Å². The van der Waals surface area contributed by atoms with Gasteiger partial charge in [0.25, 0.3) is 0 Å². The van der Waals surface area contributed by atoms with Crippen molar-refractivity contribution in [2.45, 2.75) is 121 Å². The van der Waals surface area contributed by atoms with Crippen molar-refractivity contribution in [2.75, 3.05) is 0 Å². The van der Waals surface area contributed by atoms with Crippen molar-refractivity contribution >= 4 is 35.2 Å². The van der Waals surface area contributed by atoms with E-state index < -0.39 is 11.8 Å². The normalized spacial score (nSPS) is 14.0. The zero-order valence-corrected chi connectivity index (χ0v) is 30.6. The first kappa shape index (κ1) is 36.4. The Bertz CT molecular complexity index is 1670. The molecule has 0 N–H and O–H groups in total. The number of hydrogen-bond acceptors (Lipinski definition) is 6. The molecule has 1 aliphatic carbocycles. The predicted molar refractivity (Wildman–Crippen MR) is 204 cm³/mol. The molecule has 2 aromatic heterocycles. The molecule has 2 unspecified atom stereocenters. The summed E-state index contributed by atoms with van der Waals surface area (Å²) in [5.74, 6) is -1.47. The van der Waals surface area contributed by atoms with Crippen LogP contribution >= 0.6 is 22.7 Å². The molecule has 0 bridgehead atoms. The fourth-order valence-corrected chi connectivity index (χ4v) is 9.56. The fraction of sp³-hybridized carbons (Fsp3) is 0.442. The molecule has 4 aromatic rings. The van der Waals surface area contributed by atoms with Gasteiger partial charge in [0, 0.05) is 24.9 Å². The van der Waals surface area contributed by atoms with Crippen molar-refractivity contribution in [3.8, 4) is 44.1 Å². The highest BCUT2D eigenvalue weighted by atomic mass is 32.1. The van der Waals surface area contributed by atoms with E-state index in [0.29, 0.717) is 0 Å². The number of thiophene rings is 2. The van der Waals surface area contributed by atoms with Crippen LogP contribution in [0.2, 0.25) is 0 Å². The SMILES string of the molecule is CCCCCCCCC1(CCCCCCCC)c2cc(-c3ccc(C(C#N)C=O)s3)ccc2-c2ccc(-c3ccc(C(C#N)C=O)s3)cc21. The molecule has 5 rings (SSSR count). The summed E-state index contributed by atoms with van der Waals surface area (Å²) < 4.78 is 0. The molecule has 2 atom stereocenters. The van der Waals surface area contributed by atoms with Crippen LogP contribution in [0.4, 0.5) is 0 Å². The first-order valence-electron chi connectivity index (χ1n) is 18.2. The molecule has 0 spiro atoms. The van der Waals surface area contributed by atoms with Gasteiger partial charge in [0.15, 0.2) is 0 Å². The number of nitriles is 2. The highest BCUT2D eigenvalue weighted by Gasteiger charge is 2.42. The van der Waals surface area contributed by atoms with E-state index in [0.717, 1.165) is 56.0 Å². The molecule has 254 valence electrons. The van der Waals surface area contributed by atoms with Gasteiger partial charge in [0.1, 0.15) is 24.4 Å². The zero-order valence-electron chi connectivity index (χ0n) is 29.0. The number of fused-ring (bicyclic) bond motifs is 3. The van der Waals surface area contributed by atoms with Crippen LogP contribution in [-0.2, 0) is 15.0 Å². The molecule has 0 radical (unpaired) electrons. The van der Waals surface area contributed by atoms with Gasteiger partial charge in [0.2, 0.25) is 0 Å². The molecule has 49 heavy (non-hydrogen) atoms. The van der Waals surface area contributed by atoms with Crippen LogP contribution in [0.25, 0.3) is 32.0 Å². The predicted octanol–water partition coefficient (Wildman–Crippen LogP) is 12.5. The van der Waals surface area contributed by atoms with E-state index in [2.05, 4.69) is 74.5 Å². The maximum atomic E-state index is 11.6. The average molecular weight is 689 g/mol. The quantitative estimate of drug-likeness (QED) is 0.0683. The summed E-state index contributed by atoms with van der Waals surface area (Å²) in [7, 11) is 0. The molecule has 0 amide bonds. The lowest BCUT2D eigenvalue weighted by Crippen LogP contribution is -2.25. The van der Waals surface area contributed by atoms with E-state index in [9.17, 15) is 20.1 Å². The second-order valence-electron chi connectivity index (χ2n) is 13.5. The summed E-state index contributed by atoms with van der Waals surface area (Å²) >= 11 is 3.08. The monoisotopic (exact) mass is 688 g/mol. The van der Waals surface area contributed by atoms with Crippen molar-refractivity contribution in [1.82, 2.24) is 0 Å². The fourth-order valence-electron chi connectivity index (χ4n) is 7.55. The van der Waals surface area contributed by atoms with Crippen molar-refractivity contribution in [1.29, 1.82) is 10.5 Å². The third kappa shape index (κ3) is 8.15. The minimum atomic E-state index is -0.733. The Labute approximate surface area is 300 Å². The molecule has 0 aliphatic heterocycles. The lowest BCUT2D eigenvalue weighted by atomic mass is 9.70. The first-order chi connectivity index (χ1) is 24.0. The number of aldehydes is 2. The number of carbonyl (C=O) groups excluding carboxylic acids is 2. The van der Waals surface area contributed by atoms with Crippen molar-refractivity contribution in [3.63, 3.8) is 0 Å². The number of rotatable bonds is 20. The van der Waals surface area contributed by atoms with Gasteiger partial charge in [-0.15, -0.1) is 22.7 Å². The second-order valence-corrected chi connectivity index (χ2v) is 15.8. The van der Waals surface area contributed by atoms with E-state index in [1.807, 2.05) is 12.1 Å². The number of benzene rings is 2. The first-order valence-corrected chi connectivity index (χ1v) is 19.9. The van der Waals surface area contributed by atoms with E-state index in [-0.39, 0.29) is 5.41 Å².